The normalized spacial score (nSPS) is 11.7. The molecule has 0 saturated carbocycles. The van der Waals surface area contributed by atoms with Crippen LogP contribution >= 0.6 is 0 Å². The number of aryl methyl sites for hydroxylation is 1. The summed E-state index contributed by atoms with van der Waals surface area (Å²) in [5, 5.41) is 3.05. The van der Waals surface area contributed by atoms with Crippen molar-refractivity contribution in [2.75, 3.05) is 6.54 Å². The molecule has 0 spiro atoms. The molecule has 0 bridgehead atoms. The van der Waals surface area contributed by atoms with Crippen LogP contribution in [-0.2, 0) is 13.6 Å². The summed E-state index contributed by atoms with van der Waals surface area (Å²) in [6.07, 6.45) is 0.0738. The number of fused-ring (bicyclic) bond motifs is 1. The van der Waals surface area contributed by atoms with E-state index in [1.54, 1.807) is 17.8 Å². The molecule has 136 valence electrons. The summed E-state index contributed by atoms with van der Waals surface area (Å²) < 4.78 is 40.5. The number of pyridine rings is 1. The van der Waals surface area contributed by atoms with Crippen molar-refractivity contribution in [2.24, 2.45) is 7.05 Å². The minimum absolute atomic E-state index is 0.368. The quantitative estimate of drug-likeness (QED) is 0.696. The summed E-state index contributed by atoms with van der Waals surface area (Å²) in [4.78, 5) is 12.3. The van der Waals surface area contributed by atoms with E-state index in [2.05, 4.69) is 5.32 Å². The number of alkyl halides is 3. The minimum atomic E-state index is -4.29. The molecule has 0 radical (unpaired) electrons. The van der Waals surface area contributed by atoms with Crippen LogP contribution in [0.15, 0.2) is 55.0 Å². The zero-order chi connectivity index (χ0) is 18.7. The molecule has 0 atom stereocenters. The van der Waals surface area contributed by atoms with Crippen molar-refractivity contribution in [2.45, 2.75) is 19.1 Å². The zero-order valence-corrected chi connectivity index (χ0v) is 14.3. The molecule has 0 unspecified atom stereocenters. The summed E-state index contributed by atoms with van der Waals surface area (Å²) in [5.74, 6) is -0.502. The van der Waals surface area contributed by atoms with Gasteiger partial charge in [-0.1, -0.05) is 30.3 Å². The maximum Gasteiger partial charge on any atom is 0.390 e. The van der Waals surface area contributed by atoms with Crippen molar-refractivity contribution in [1.82, 2.24) is 9.88 Å². The predicted molar refractivity (Wildman–Crippen MR) is 91.7 cm³/mol. The molecule has 3 rings (SSSR count). The molecule has 2 heterocycles. The number of amides is 1. The van der Waals surface area contributed by atoms with Crippen molar-refractivity contribution in [1.29, 1.82) is 0 Å². The first-order valence-corrected chi connectivity index (χ1v) is 8.20. The molecule has 0 fully saturated rings. The first-order valence-electron chi connectivity index (χ1n) is 8.20. The fourth-order valence-electron chi connectivity index (χ4n) is 2.87. The monoisotopic (exact) mass is 362 g/mol. The van der Waals surface area contributed by atoms with Gasteiger partial charge in [-0.05, 0) is 0 Å². The molecule has 1 N–H and O–H groups in total. The van der Waals surface area contributed by atoms with E-state index in [1.807, 2.05) is 53.4 Å². The lowest BCUT2D eigenvalue weighted by Crippen LogP contribution is -2.33. The molecular formula is C19H19F3N3O+. The van der Waals surface area contributed by atoms with Crippen LogP contribution in [0.1, 0.15) is 22.3 Å². The predicted octanol–water partition coefficient (Wildman–Crippen LogP) is 3.20. The fourth-order valence-corrected chi connectivity index (χ4v) is 2.87. The van der Waals surface area contributed by atoms with Crippen LogP contribution in [0.5, 0.6) is 0 Å². The number of rotatable bonds is 5. The summed E-state index contributed by atoms with van der Waals surface area (Å²) in [7, 11) is 1.80. The standard InChI is InChI=1S/C19H18F3N3O/c1-24-12-16(18(26)23-9-8-19(20,21)22)15-13-25(10-7-17(15)24)11-14-5-3-2-4-6-14/h2-7,10,12-13H,8-9,11H2,1H3/p+1. The van der Waals surface area contributed by atoms with E-state index in [9.17, 15) is 18.0 Å². The molecule has 0 saturated heterocycles. The Morgan fingerprint density at radius 3 is 2.62 bits per heavy atom. The third kappa shape index (κ3) is 4.22. The third-order valence-corrected chi connectivity index (χ3v) is 4.13. The van der Waals surface area contributed by atoms with Gasteiger partial charge < -0.3 is 9.88 Å². The number of halogens is 3. The van der Waals surface area contributed by atoms with Crippen molar-refractivity contribution >= 4 is 16.8 Å². The summed E-state index contributed by atoms with van der Waals surface area (Å²) in [6.45, 7) is 0.205. The molecule has 26 heavy (non-hydrogen) atoms. The molecule has 7 heteroatoms. The van der Waals surface area contributed by atoms with Crippen LogP contribution in [-0.4, -0.2) is 23.2 Å². The van der Waals surface area contributed by atoms with Crippen LogP contribution in [0, 0.1) is 0 Å². The number of nitrogens with zero attached hydrogens (tertiary/aromatic N) is 2. The van der Waals surface area contributed by atoms with Gasteiger partial charge in [0.05, 0.1) is 22.9 Å². The van der Waals surface area contributed by atoms with E-state index < -0.39 is 25.0 Å². The summed E-state index contributed by atoms with van der Waals surface area (Å²) >= 11 is 0. The Hall–Kier alpha value is -2.83. The Balaban J connectivity index is 1.83. The molecule has 1 amide bonds. The second-order valence-electron chi connectivity index (χ2n) is 6.18. The summed E-state index contributed by atoms with van der Waals surface area (Å²) in [6, 6.07) is 11.8. The first-order chi connectivity index (χ1) is 12.3. The smallest absolute Gasteiger partial charge is 0.352 e. The van der Waals surface area contributed by atoms with Gasteiger partial charge in [0, 0.05) is 31.4 Å². The van der Waals surface area contributed by atoms with Gasteiger partial charge in [-0.2, -0.15) is 13.2 Å². The molecule has 1 aromatic carbocycles. The van der Waals surface area contributed by atoms with Crippen molar-refractivity contribution in [3.8, 4) is 0 Å². The number of aromatic nitrogens is 2. The second-order valence-corrected chi connectivity index (χ2v) is 6.18. The molecule has 4 nitrogen and oxygen atoms in total. The topological polar surface area (TPSA) is 37.9 Å². The third-order valence-electron chi connectivity index (χ3n) is 4.13. The Morgan fingerprint density at radius 1 is 1.19 bits per heavy atom. The van der Waals surface area contributed by atoms with Crippen LogP contribution in [0.3, 0.4) is 0 Å². The van der Waals surface area contributed by atoms with Gasteiger partial charge in [-0.3, -0.25) is 4.79 Å². The number of nitrogens with one attached hydrogen (secondary N) is 1. The highest BCUT2D eigenvalue weighted by molar-refractivity contribution is 6.06. The summed E-state index contributed by atoms with van der Waals surface area (Å²) in [5.41, 5.74) is 2.33. The Morgan fingerprint density at radius 2 is 1.92 bits per heavy atom. The minimum Gasteiger partial charge on any atom is -0.352 e. The van der Waals surface area contributed by atoms with Crippen molar-refractivity contribution in [3.05, 3.63) is 66.1 Å². The number of carbonyl (C=O) groups excluding carboxylic acids is 1. The van der Waals surface area contributed by atoms with E-state index in [0.717, 1.165) is 11.1 Å². The first kappa shape index (κ1) is 18.0. The Kier molecular flexibility index (Phi) is 4.97. The van der Waals surface area contributed by atoms with Crippen molar-refractivity contribution in [3.63, 3.8) is 0 Å². The second kappa shape index (κ2) is 7.19. The van der Waals surface area contributed by atoms with Crippen LogP contribution in [0.4, 0.5) is 13.2 Å². The number of hydrogen-bond donors (Lipinski definition) is 1. The van der Waals surface area contributed by atoms with Crippen LogP contribution < -0.4 is 9.88 Å². The highest BCUT2D eigenvalue weighted by atomic mass is 19.4. The van der Waals surface area contributed by atoms with Gasteiger partial charge in [0.25, 0.3) is 5.91 Å². The Bertz CT molecular complexity index is 917. The van der Waals surface area contributed by atoms with E-state index in [4.69, 9.17) is 0 Å². The number of benzene rings is 1. The van der Waals surface area contributed by atoms with Gasteiger partial charge >= 0.3 is 6.18 Å². The lowest BCUT2D eigenvalue weighted by Gasteiger charge is -2.07. The zero-order valence-electron chi connectivity index (χ0n) is 14.3. The van der Waals surface area contributed by atoms with E-state index in [0.29, 0.717) is 17.5 Å². The molecule has 0 aliphatic heterocycles. The highest BCUT2D eigenvalue weighted by Crippen LogP contribution is 2.20. The molecule has 0 aliphatic rings. The lowest BCUT2D eigenvalue weighted by atomic mass is 10.2. The van der Waals surface area contributed by atoms with Crippen LogP contribution in [0.2, 0.25) is 0 Å². The Labute approximate surface area is 148 Å². The fraction of sp³-hybridized carbons (Fsp3) is 0.263. The van der Waals surface area contributed by atoms with Gasteiger partial charge in [0.1, 0.15) is 0 Å². The maximum atomic E-state index is 12.3. The SMILES string of the molecule is Cn1cc(C(=O)NCCC(F)(F)F)c2c[n+](Cc3ccccc3)ccc21. The maximum absolute atomic E-state index is 12.3. The van der Waals surface area contributed by atoms with E-state index >= 15 is 0 Å². The largest absolute Gasteiger partial charge is 0.390 e. The van der Waals surface area contributed by atoms with E-state index in [1.165, 1.54) is 0 Å². The lowest BCUT2D eigenvalue weighted by molar-refractivity contribution is -0.687. The molecule has 0 aliphatic carbocycles. The van der Waals surface area contributed by atoms with Gasteiger partial charge in [0.15, 0.2) is 18.9 Å². The van der Waals surface area contributed by atoms with Crippen LogP contribution in [0.25, 0.3) is 10.9 Å². The van der Waals surface area contributed by atoms with Gasteiger partial charge in [-0.25, -0.2) is 4.57 Å². The number of hydrogen-bond acceptors (Lipinski definition) is 1. The van der Waals surface area contributed by atoms with Gasteiger partial charge in [-0.15, -0.1) is 0 Å². The average Bonchev–Trinajstić information content (AvgIpc) is 2.91. The highest BCUT2D eigenvalue weighted by Gasteiger charge is 2.27. The van der Waals surface area contributed by atoms with Gasteiger partial charge in [0.2, 0.25) is 0 Å². The molecular weight excluding hydrogens is 343 g/mol. The van der Waals surface area contributed by atoms with Crippen molar-refractivity contribution < 1.29 is 22.5 Å². The average molecular weight is 362 g/mol. The molecule has 2 aromatic heterocycles. The number of carbonyl (C=O) groups is 1. The molecule has 3 aromatic rings. The van der Waals surface area contributed by atoms with E-state index in [-0.39, 0.29) is 0 Å².